The molecule has 2 rings (SSSR count). The Kier molecular flexibility index (Phi) is 3.64. The first kappa shape index (κ1) is 12.6. The number of nitrogens with zero attached hydrogens (tertiary/aromatic N) is 3. The molecule has 0 spiro atoms. The summed E-state index contributed by atoms with van der Waals surface area (Å²) in [5.74, 6) is 1.71. The highest BCUT2D eigenvalue weighted by Crippen LogP contribution is 2.28. The number of carbonyl (C=O) groups is 1. The largest absolute Gasteiger partial charge is 0.373 e. The van der Waals surface area contributed by atoms with E-state index in [-0.39, 0.29) is 11.9 Å². The summed E-state index contributed by atoms with van der Waals surface area (Å²) in [7, 11) is 3.50. The van der Waals surface area contributed by atoms with Gasteiger partial charge in [0.25, 0.3) is 0 Å². The predicted octanol–water partition coefficient (Wildman–Crippen LogP) is 0.542. The van der Waals surface area contributed by atoms with E-state index in [1.165, 1.54) is 6.33 Å². The number of nitrogens with one attached hydrogen (secondary N) is 2. The highest BCUT2D eigenvalue weighted by Gasteiger charge is 2.32. The van der Waals surface area contributed by atoms with Crippen LogP contribution in [0.25, 0.3) is 0 Å². The molecule has 1 atom stereocenters. The molecule has 6 heteroatoms. The zero-order valence-electron chi connectivity index (χ0n) is 11.0. The molecule has 1 aliphatic rings. The molecule has 1 aliphatic heterocycles. The lowest BCUT2D eigenvalue weighted by Crippen LogP contribution is -2.42. The summed E-state index contributed by atoms with van der Waals surface area (Å²) in [6, 6.07) is -0.117. The van der Waals surface area contributed by atoms with Gasteiger partial charge in [-0.25, -0.2) is 9.97 Å². The van der Waals surface area contributed by atoms with E-state index in [9.17, 15) is 4.79 Å². The van der Waals surface area contributed by atoms with Crippen LogP contribution in [0, 0.1) is 6.92 Å². The molecular weight excluding hydrogens is 230 g/mol. The lowest BCUT2D eigenvalue weighted by Gasteiger charge is -2.26. The van der Waals surface area contributed by atoms with Gasteiger partial charge in [0.1, 0.15) is 24.0 Å². The lowest BCUT2D eigenvalue weighted by molar-refractivity contribution is -0.121. The molecule has 98 valence electrons. The van der Waals surface area contributed by atoms with E-state index < -0.39 is 0 Å². The zero-order chi connectivity index (χ0) is 13.1. The minimum atomic E-state index is -0.117. The Hall–Kier alpha value is -1.85. The smallest absolute Gasteiger partial charge is 0.242 e. The summed E-state index contributed by atoms with van der Waals surface area (Å²) in [4.78, 5) is 22.4. The standard InChI is InChI=1S/C12H19N5O/c1-8-10(13-2)15-7-16-11(8)17-6-4-5-9(17)12(18)14-3/h7,9H,4-6H2,1-3H3,(H,14,18)(H,13,15,16). The molecule has 0 radical (unpaired) electrons. The van der Waals surface area contributed by atoms with Gasteiger partial charge in [0.05, 0.1) is 0 Å². The number of anilines is 2. The van der Waals surface area contributed by atoms with Gasteiger partial charge in [-0.05, 0) is 19.8 Å². The molecule has 0 saturated carbocycles. The second kappa shape index (κ2) is 5.20. The minimum Gasteiger partial charge on any atom is -0.373 e. The number of hydrogen-bond donors (Lipinski definition) is 2. The Morgan fingerprint density at radius 2 is 2.22 bits per heavy atom. The van der Waals surface area contributed by atoms with Crippen LogP contribution in [0.3, 0.4) is 0 Å². The van der Waals surface area contributed by atoms with Crippen LogP contribution in [-0.2, 0) is 4.79 Å². The average Bonchev–Trinajstić information content (AvgIpc) is 2.87. The molecule has 0 bridgehead atoms. The Balaban J connectivity index is 2.33. The van der Waals surface area contributed by atoms with Gasteiger partial charge in [0, 0.05) is 26.2 Å². The Morgan fingerprint density at radius 3 is 2.89 bits per heavy atom. The first-order valence-corrected chi connectivity index (χ1v) is 6.16. The number of likely N-dealkylation sites (N-methyl/N-ethyl adjacent to an activating group) is 1. The molecule has 1 fully saturated rings. The normalized spacial score (nSPS) is 18.8. The zero-order valence-corrected chi connectivity index (χ0v) is 11.0. The third-order valence-electron chi connectivity index (χ3n) is 3.37. The topological polar surface area (TPSA) is 70.2 Å². The number of rotatable bonds is 3. The summed E-state index contributed by atoms with van der Waals surface area (Å²) < 4.78 is 0. The van der Waals surface area contributed by atoms with Crippen LogP contribution < -0.4 is 15.5 Å². The SMILES string of the molecule is CNC(=O)C1CCCN1c1ncnc(NC)c1C. The van der Waals surface area contributed by atoms with Gasteiger partial charge in [0.2, 0.25) is 5.91 Å². The maximum absolute atomic E-state index is 11.9. The molecule has 6 nitrogen and oxygen atoms in total. The summed E-state index contributed by atoms with van der Waals surface area (Å²) >= 11 is 0. The first-order chi connectivity index (χ1) is 8.69. The predicted molar refractivity (Wildman–Crippen MR) is 70.8 cm³/mol. The van der Waals surface area contributed by atoms with Crippen LogP contribution >= 0.6 is 0 Å². The third kappa shape index (κ3) is 2.10. The van der Waals surface area contributed by atoms with Gasteiger partial charge >= 0.3 is 0 Å². The van der Waals surface area contributed by atoms with Gasteiger partial charge in [0.15, 0.2) is 0 Å². The molecule has 1 unspecified atom stereocenters. The second-order valence-electron chi connectivity index (χ2n) is 4.39. The maximum Gasteiger partial charge on any atom is 0.242 e. The van der Waals surface area contributed by atoms with Crippen molar-refractivity contribution in [2.75, 3.05) is 30.9 Å². The van der Waals surface area contributed by atoms with E-state index in [0.29, 0.717) is 0 Å². The van der Waals surface area contributed by atoms with Gasteiger partial charge in [-0.3, -0.25) is 4.79 Å². The number of carbonyl (C=O) groups excluding carboxylic acids is 1. The molecule has 18 heavy (non-hydrogen) atoms. The van der Waals surface area contributed by atoms with Crippen molar-refractivity contribution >= 4 is 17.5 Å². The van der Waals surface area contributed by atoms with Crippen LogP contribution in [0.2, 0.25) is 0 Å². The Bertz CT molecular complexity index is 448. The van der Waals surface area contributed by atoms with E-state index in [4.69, 9.17) is 0 Å². The van der Waals surface area contributed by atoms with Crippen LogP contribution in [-0.4, -0.2) is 42.6 Å². The number of aromatic nitrogens is 2. The van der Waals surface area contributed by atoms with E-state index in [0.717, 1.165) is 36.6 Å². The van der Waals surface area contributed by atoms with Crippen molar-refractivity contribution in [3.63, 3.8) is 0 Å². The van der Waals surface area contributed by atoms with Crippen LogP contribution in [0.15, 0.2) is 6.33 Å². The van der Waals surface area contributed by atoms with Crippen LogP contribution in [0.5, 0.6) is 0 Å². The van der Waals surface area contributed by atoms with Crippen molar-refractivity contribution in [2.45, 2.75) is 25.8 Å². The summed E-state index contributed by atoms with van der Waals surface area (Å²) in [6.45, 7) is 2.83. The molecule has 1 saturated heterocycles. The fourth-order valence-corrected chi connectivity index (χ4v) is 2.44. The molecule has 1 aromatic heterocycles. The van der Waals surface area contributed by atoms with Crippen molar-refractivity contribution in [3.8, 4) is 0 Å². The highest BCUT2D eigenvalue weighted by atomic mass is 16.2. The van der Waals surface area contributed by atoms with E-state index in [1.807, 2.05) is 14.0 Å². The maximum atomic E-state index is 11.9. The molecule has 0 aromatic carbocycles. The molecule has 1 amide bonds. The Labute approximate surface area is 107 Å². The number of hydrogen-bond acceptors (Lipinski definition) is 5. The lowest BCUT2D eigenvalue weighted by atomic mass is 10.2. The monoisotopic (exact) mass is 249 g/mol. The summed E-state index contributed by atoms with van der Waals surface area (Å²) in [5, 5.41) is 5.75. The van der Waals surface area contributed by atoms with Gasteiger partial charge in [-0.1, -0.05) is 0 Å². The van der Waals surface area contributed by atoms with Gasteiger partial charge in [-0.2, -0.15) is 0 Å². The fourth-order valence-electron chi connectivity index (χ4n) is 2.44. The molecule has 2 heterocycles. The van der Waals surface area contributed by atoms with Crippen molar-refractivity contribution < 1.29 is 4.79 Å². The quantitative estimate of drug-likeness (QED) is 0.818. The third-order valence-corrected chi connectivity index (χ3v) is 3.37. The molecular formula is C12H19N5O. The average molecular weight is 249 g/mol. The minimum absolute atomic E-state index is 0.0523. The van der Waals surface area contributed by atoms with Crippen molar-refractivity contribution in [3.05, 3.63) is 11.9 Å². The summed E-state index contributed by atoms with van der Waals surface area (Å²) in [5.41, 5.74) is 0.982. The fraction of sp³-hybridized carbons (Fsp3) is 0.583. The molecule has 0 aliphatic carbocycles. The molecule has 1 aromatic rings. The van der Waals surface area contributed by atoms with E-state index >= 15 is 0 Å². The van der Waals surface area contributed by atoms with E-state index in [2.05, 4.69) is 25.5 Å². The Morgan fingerprint density at radius 1 is 1.44 bits per heavy atom. The van der Waals surface area contributed by atoms with Gasteiger partial charge in [-0.15, -0.1) is 0 Å². The van der Waals surface area contributed by atoms with Crippen molar-refractivity contribution in [1.29, 1.82) is 0 Å². The van der Waals surface area contributed by atoms with E-state index in [1.54, 1.807) is 7.05 Å². The second-order valence-corrected chi connectivity index (χ2v) is 4.39. The van der Waals surface area contributed by atoms with Gasteiger partial charge < -0.3 is 15.5 Å². The van der Waals surface area contributed by atoms with Crippen molar-refractivity contribution in [1.82, 2.24) is 15.3 Å². The van der Waals surface area contributed by atoms with Crippen LogP contribution in [0.1, 0.15) is 18.4 Å². The van der Waals surface area contributed by atoms with Crippen LogP contribution in [0.4, 0.5) is 11.6 Å². The highest BCUT2D eigenvalue weighted by molar-refractivity contribution is 5.85. The number of amides is 1. The summed E-state index contributed by atoms with van der Waals surface area (Å²) in [6.07, 6.45) is 3.42. The first-order valence-electron chi connectivity index (χ1n) is 6.16. The van der Waals surface area contributed by atoms with Crippen molar-refractivity contribution in [2.24, 2.45) is 0 Å². The molecule has 2 N–H and O–H groups in total.